The minimum atomic E-state index is -0.374. The van der Waals surface area contributed by atoms with E-state index in [-0.39, 0.29) is 23.6 Å². The van der Waals surface area contributed by atoms with Gasteiger partial charge in [0.25, 0.3) is 5.91 Å². The van der Waals surface area contributed by atoms with Gasteiger partial charge in [-0.2, -0.15) is 5.26 Å². The van der Waals surface area contributed by atoms with Crippen molar-refractivity contribution in [2.75, 3.05) is 11.1 Å². The number of amides is 2. The van der Waals surface area contributed by atoms with Gasteiger partial charge in [0.2, 0.25) is 5.91 Å². The third kappa shape index (κ3) is 5.60. The number of anilines is 1. The lowest BCUT2D eigenvalue weighted by atomic mass is 9.96. The quantitative estimate of drug-likeness (QED) is 0.363. The highest BCUT2D eigenvalue weighted by molar-refractivity contribution is 9.10. The van der Waals surface area contributed by atoms with Gasteiger partial charge in [-0.3, -0.25) is 9.59 Å². The fourth-order valence-electron chi connectivity index (χ4n) is 4.07. The summed E-state index contributed by atoms with van der Waals surface area (Å²) in [5, 5.41) is 25.3. The van der Waals surface area contributed by atoms with Crippen LogP contribution in [0.25, 0.3) is 0 Å². The van der Waals surface area contributed by atoms with Crippen molar-refractivity contribution in [1.82, 2.24) is 20.1 Å². The molecule has 0 saturated carbocycles. The van der Waals surface area contributed by atoms with Gasteiger partial charge >= 0.3 is 0 Å². The average Bonchev–Trinajstić information content (AvgIpc) is 3.43. The van der Waals surface area contributed by atoms with E-state index in [0.717, 1.165) is 35.7 Å². The number of hydrogen-bond acceptors (Lipinski definition) is 7. The molecule has 0 radical (unpaired) electrons. The number of nitrogens with zero attached hydrogens (tertiary/aromatic N) is 4. The molecule has 11 heteroatoms. The molecular weight excluding hydrogens is 548 g/mol. The molecule has 3 aromatic rings. The summed E-state index contributed by atoms with van der Waals surface area (Å²) in [7, 11) is 0. The van der Waals surface area contributed by atoms with Gasteiger partial charge in [-0.15, -0.1) is 21.5 Å². The molecule has 0 bridgehead atoms. The molecule has 1 aromatic carbocycles. The van der Waals surface area contributed by atoms with Crippen molar-refractivity contribution in [3.05, 3.63) is 56.1 Å². The molecule has 2 N–H and O–H groups in total. The minimum absolute atomic E-state index is 0.142. The van der Waals surface area contributed by atoms with E-state index >= 15 is 0 Å². The number of benzene rings is 1. The molecule has 35 heavy (non-hydrogen) atoms. The molecule has 2 aromatic heterocycles. The van der Waals surface area contributed by atoms with Crippen LogP contribution in [0.5, 0.6) is 0 Å². The topological polar surface area (TPSA) is 113 Å². The Balaban J connectivity index is 1.40. The first-order valence-electron chi connectivity index (χ1n) is 11.4. The van der Waals surface area contributed by atoms with Gasteiger partial charge in [0.1, 0.15) is 11.1 Å². The van der Waals surface area contributed by atoms with Crippen LogP contribution in [0.4, 0.5) is 5.00 Å². The second-order valence-electron chi connectivity index (χ2n) is 8.12. The van der Waals surface area contributed by atoms with Gasteiger partial charge < -0.3 is 15.2 Å². The summed E-state index contributed by atoms with van der Waals surface area (Å²) in [6.07, 6.45) is 4.07. The molecule has 0 fully saturated rings. The molecule has 4 rings (SSSR count). The third-order valence-corrected chi connectivity index (χ3v) is 8.65. The predicted octanol–water partition coefficient (Wildman–Crippen LogP) is 5.09. The Hall–Kier alpha value is -2.68. The average molecular weight is 574 g/mol. The number of carbonyl (C=O) groups excluding carboxylic acids is 2. The van der Waals surface area contributed by atoms with Crippen molar-refractivity contribution >= 4 is 55.8 Å². The molecule has 0 spiro atoms. The predicted molar refractivity (Wildman–Crippen MR) is 141 cm³/mol. The molecule has 8 nitrogen and oxygen atoms in total. The molecule has 0 aliphatic heterocycles. The van der Waals surface area contributed by atoms with Crippen LogP contribution in [0, 0.1) is 11.3 Å². The normalized spacial score (nSPS) is 13.5. The van der Waals surface area contributed by atoms with Crippen molar-refractivity contribution in [2.45, 2.75) is 57.3 Å². The van der Waals surface area contributed by atoms with Gasteiger partial charge in [-0.05, 0) is 73.2 Å². The lowest BCUT2D eigenvalue weighted by Gasteiger charge is -2.15. The van der Waals surface area contributed by atoms with Gasteiger partial charge in [0.05, 0.1) is 22.9 Å². The standard InChI is InChI=1S/C24H25BrN6O2S2/c1-3-31-21(14(2)27-22(33)16-9-4-6-10-18(16)25)29-30-24(31)34-13-20(32)28-23-17(12-26)15-8-5-7-11-19(15)35-23/h4,6,9-10,14H,3,5,7-8,11,13H2,1-2H3,(H,27,33)(H,28,32)/t14-/m1/s1. The molecule has 1 atom stereocenters. The number of aromatic nitrogens is 3. The summed E-state index contributed by atoms with van der Waals surface area (Å²) in [6.45, 7) is 4.42. The van der Waals surface area contributed by atoms with Crippen LogP contribution in [-0.2, 0) is 24.2 Å². The first-order valence-corrected chi connectivity index (χ1v) is 14.0. The zero-order chi connectivity index (χ0) is 24.9. The minimum Gasteiger partial charge on any atom is -0.342 e. The zero-order valence-electron chi connectivity index (χ0n) is 19.4. The Bertz CT molecular complexity index is 1300. The molecule has 2 heterocycles. The summed E-state index contributed by atoms with van der Waals surface area (Å²) in [5.74, 6) is 0.362. The number of carbonyl (C=O) groups is 2. The SMILES string of the molecule is CCn1c(SCC(=O)Nc2sc3c(c2C#N)CCCC3)nnc1[C@@H](C)NC(=O)c1ccccc1Br. The number of nitriles is 1. The second-order valence-corrected chi connectivity index (χ2v) is 11.0. The zero-order valence-corrected chi connectivity index (χ0v) is 22.6. The Morgan fingerprint density at radius 1 is 1.29 bits per heavy atom. The maximum atomic E-state index is 12.7. The van der Waals surface area contributed by atoms with Gasteiger partial charge in [0.15, 0.2) is 11.0 Å². The van der Waals surface area contributed by atoms with Crippen LogP contribution >= 0.6 is 39.0 Å². The van der Waals surface area contributed by atoms with Crippen LogP contribution in [0.2, 0.25) is 0 Å². The Morgan fingerprint density at radius 2 is 2.06 bits per heavy atom. The summed E-state index contributed by atoms with van der Waals surface area (Å²) >= 11 is 6.20. The lowest BCUT2D eigenvalue weighted by molar-refractivity contribution is -0.113. The smallest absolute Gasteiger partial charge is 0.253 e. The summed E-state index contributed by atoms with van der Waals surface area (Å²) in [5.41, 5.74) is 2.25. The number of thiophene rings is 1. The van der Waals surface area contributed by atoms with Crippen LogP contribution in [-0.4, -0.2) is 32.3 Å². The van der Waals surface area contributed by atoms with E-state index in [1.165, 1.54) is 28.0 Å². The molecule has 1 aliphatic rings. The molecule has 2 amide bonds. The summed E-state index contributed by atoms with van der Waals surface area (Å²) in [6, 6.07) is 9.13. The van der Waals surface area contributed by atoms with Crippen molar-refractivity contribution < 1.29 is 9.59 Å². The summed E-state index contributed by atoms with van der Waals surface area (Å²) < 4.78 is 2.61. The monoisotopic (exact) mass is 572 g/mol. The van der Waals surface area contributed by atoms with E-state index in [9.17, 15) is 14.9 Å². The molecular formula is C24H25BrN6O2S2. The van der Waals surface area contributed by atoms with Gasteiger partial charge in [-0.25, -0.2) is 0 Å². The number of fused-ring (bicyclic) bond motifs is 1. The fraction of sp³-hybridized carbons (Fsp3) is 0.375. The molecule has 0 saturated heterocycles. The third-order valence-electron chi connectivity index (χ3n) is 5.78. The van der Waals surface area contributed by atoms with Crippen LogP contribution in [0.1, 0.15) is 64.9 Å². The van der Waals surface area contributed by atoms with Crippen molar-refractivity contribution in [1.29, 1.82) is 5.26 Å². The lowest BCUT2D eigenvalue weighted by Crippen LogP contribution is -2.29. The second kappa shape index (κ2) is 11.4. The fourth-order valence-corrected chi connectivity index (χ4v) is 6.60. The van der Waals surface area contributed by atoms with E-state index in [1.54, 1.807) is 6.07 Å². The first kappa shape index (κ1) is 25.4. The number of thioether (sulfide) groups is 1. The van der Waals surface area contributed by atoms with Crippen molar-refractivity contribution in [2.24, 2.45) is 0 Å². The van der Waals surface area contributed by atoms with E-state index in [2.05, 4.69) is 42.8 Å². The highest BCUT2D eigenvalue weighted by Crippen LogP contribution is 2.37. The summed E-state index contributed by atoms with van der Waals surface area (Å²) in [4.78, 5) is 26.6. The Morgan fingerprint density at radius 3 is 2.80 bits per heavy atom. The Kier molecular flexibility index (Phi) is 8.26. The number of halogens is 1. The highest BCUT2D eigenvalue weighted by atomic mass is 79.9. The number of aryl methyl sites for hydroxylation is 1. The van der Waals surface area contributed by atoms with Gasteiger partial charge in [-0.1, -0.05) is 23.9 Å². The van der Waals surface area contributed by atoms with Gasteiger partial charge in [0, 0.05) is 15.9 Å². The van der Waals surface area contributed by atoms with Crippen LogP contribution in [0.3, 0.4) is 0 Å². The Labute approximate surface area is 220 Å². The van der Waals surface area contributed by atoms with Crippen LogP contribution < -0.4 is 10.6 Å². The number of nitrogens with one attached hydrogen (secondary N) is 2. The number of hydrogen-bond donors (Lipinski definition) is 2. The molecule has 0 unspecified atom stereocenters. The molecule has 1 aliphatic carbocycles. The highest BCUT2D eigenvalue weighted by Gasteiger charge is 2.23. The van der Waals surface area contributed by atoms with Crippen molar-refractivity contribution in [3.8, 4) is 6.07 Å². The van der Waals surface area contributed by atoms with E-state index in [4.69, 9.17) is 0 Å². The van der Waals surface area contributed by atoms with E-state index in [0.29, 0.717) is 33.7 Å². The maximum Gasteiger partial charge on any atom is 0.253 e. The largest absolute Gasteiger partial charge is 0.342 e. The van der Waals surface area contributed by atoms with Crippen LogP contribution in [0.15, 0.2) is 33.9 Å². The van der Waals surface area contributed by atoms with E-state index in [1.807, 2.05) is 36.6 Å². The molecule has 182 valence electrons. The first-order chi connectivity index (χ1) is 16.9. The number of rotatable bonds is 8. The van der Waals surface area contributed by atoms with Crippen molar-refractivity contribution in [3.63, 3.8) is 0 Å². The van der Waals surface area contributed by atoms with E-state index < -0.39 is 0 Å². The maximum absolute atomic E-state index is 12.7.